The van der Waals surface area contributed by atoms with Crippen molar-refractivity contribution in [3.05, 3.63) is 66.2 Å². The zero-order valence-corrected chi connectivity index (χ0v) is 13.9. The molecule has 0 bridgehead atoms. The number of benzene rings is 2. The average Bonchev–Trinajstić information content (AvgIpc) is 2.47. The summed E-state index contributed by atoms with van der Waals surface area (Å²) in [4.78, 5) is 0.296. The van der Waals surface area contributed by atoms with Crippen molar-refractivity contribution in [3.8, 4) is 0 Å². The van der Waals surface area contributed by atoms with Crippen LogP contribution in [0.5, 0.6) is 0 Å². The van der Waals surface area contributed by atoms with E-state index in [0.29, 0.717) is 10.3 Å². The summed E-state index contributed by atoms with van der Waals surface area (Å²) in [6.07, 6.45) is 3.14. The number of halogens is 1. The van der Waals surface area contributed by atoms with Crippen LogP contribution in [0.25, 0.3) is 10.8 Å². The second kappa shape index (κ2) is 6.56. The normalized spacial score (nSPS) is 11.7. The maximum absolute atomic E-state index is 12.9. The number of sulfonamides is 1. The first-order valence-corrected chi connectivity index (χ1v) is 8.65. The van der Waals surface area contributed by atoms with Crippen LogP contribution in [0.3, 0.4) is 0 Å². The number of hydrogen-bond acceptors (Lipinski definition) is 2. The van der Waals surface area contributed by atoms with Gasteiger partial charge in [-0.05, 0) is 17.5 Å². The molecule has 0 unspecified atom stereocenters. The molecular weight excluding hydrogens is 350 g/mol. The predicted molar refractivity (Wildman–Crippen MR) is 90.8 cm³/mol. The molecule has 2 rings (SSSR count). The molecule has 0 fully saturated rings. The zero-order valence-electron chi connectivity index (χ0n) is 11.5. The van der Waals surface area contributed by atoms with E-state index in [2.05, 4.69) is 29.1 Å². The number of nitrogens with zero attached hydrogens (tertiary/aromatic N) is 1. The van der Waals surface area contributed by atoms with E-state index in [1.807, 2.05) is 24.3 Å². The lowest BCUT2D eigenvalue weighted by Crippen LogP contribution is -2.31. The van der Waals surface area contributed by atoms with E-state index in [0.717, 1.165) is 9.86 Å². The van der Waals surface area contributed by atoms with Crippen molar-refractivity contribution in [1.82, 2.24) is 4.31 Å². The maximum Gasteiger partial charge on any atom is 0.244 e. The molecule has 3 nitrogen and oxygen atoms in total. The molecule has 0 aliphatic rings. The standard InChI is InChI=1S/C16H16BrNO2S/c1-3-11-18(12-4-2)21(19,20)16-10-9-15(17)13-7-5-6-8-14(13)16/h3-10H,1-2,11-12H2. The fourth-order valence-electron chi connectivity index (χ4n) is 2.16. The van der Waals surface area contributed by atoms with E-state index in [-0.39, 0.29) is 13.1 Å². The van der Waals surface area contributed by atoms with Gasteiger partial charge in [-0.1, -0.05) is 52.3 Å². The molecule has 2 aromatic carbocycles. The summed E-state index contributed by atoms with van der Waals surface area (Å²) < 4.78 is 27.9. The summed E-state index contributed by atoms with van der Waals surface area (Å²) in [5.74, 6) is 0. The highest BCUT2D eigenvalue weighted by Gasteiger charge is 2.24. The largest absolute Gasteiger partial charge is 0.244 e. The minimum absolute atomic E-state index is 0.249. The number of rotatable bonds is 6. The van der Waals surface area contributed by atoms with Crippen LogP contribution in [0.4, 0.5) is 0 Å². The molecule has 5 heteroatoms. The van der Waals surface area contributed by atoms with E-state index in [1.54, 1.807) is 24.3 Å². The second-order valence-corrected chi connectivity index (χ2v) is 7.25. The van der Waals surface area contributed by atoms with Crippen LogP contribution in [-0.2, 0) is 10.0 Å². The van der Waals surface area contributed by atoms with Crippen LogP contribution in [0.1, 0.15) is 0 Å². The second-order valence-electron chi connectivity index (χ2n) is 4.49. The molecule has 21 heavy (non-hydrogen) atoms. The van der Waals surface area contributed by atoms with Crippen LogP contribution in [-0.4, -0.2) is 25.8 Å². The van der Waals surface area contributed by atoms with Crippen molar-refractivity contribution < 1.29 is 8.42 Å². The smallest absolute Gasteiger partial charge is 0.207 e. The highest BCUT2D eigenvalue weighted by Crippen LogP contribution is 2.31. The van der Waals surface area contributed by atoms with Gasteiger partial charge in [0.2, 0.25) is 10.0 Å². The summed E-state index contributed by atoms with van der Waals surface area (Å²) in [5, 5.41) is 1.57. The van der Waals surface area contributed by atoms with Gasteiger partial charge in [0.1, 0.15) is 0 Å². The molecule has 0 aromatic heterocycles. The van der Waals surface area contributed by atoms with Gasteiger partial charge in [-0.15, -0.1) is 13.2 Å². The van der Waals surface area contributed by atoms with Gasteiger partial charge in [-0.25, -0.2) is 8.42 Å². The van der Waals surface area contributed by atoms with Crippen LogP contribution in [0.15, 0.2) is 71.1 Å². The highest BCUT2D eigenvalue weighted by molar-refractivity contribution is 9.10. The Morgan fingerprint density at radius 1 is 1.00 bits per heavy atom. The SMILES string of the molecule is C=CCN(CC=C)S(=O)(=O)c1ccc(Br)c2ccccc12. The Hall–Kier alpha value is -1.43. The maximum atomic E-state index is 12.9. The first-order chi connectivity index (χ1) is 10.0. The molecule has 0 amide bonds. The van der Waals surface area contributed by atoms with Gasteiger partial charge in [0.15, 0.2) is 0 Å². The van der Waals surface area contributed by atoms with Crippen molar-refractivity contribution in [3.63, 3.8) is 0 Å². The molecule has 0 aliphatic carbocycles. The summed E-state index contributed by atoms with van der Waals surface area (Å²) in [6, 6.07) is 10.8. The lowest BCUT2D eigenvalue weighted by molar-refractivity contribution is 0.475. The monoisotopic (exact) mass is 365 g/mol. The summed E-state index contributed by atoms with van der Waals surface area (Å²) in [6.45, 7) is 7.73. The van der Waals surface area contributed by atoms with E-state index in [1.165, 1.54) is 4.31 Å². The summed E-state index contributed by atoms with van der Waals surface area (Å²) >= 11 is 3.46. The van der Waals surface area contributed by atoms with Gasteiger partial charge < -0.3 is 0 Å². The van der Waals surface area contributed by atoms with E-state index in [4.69, 9.17) is 0 Å². The topological polar surface area (TPSA) is 37.4 Å². The van der Waals surface area contributed by atoms with Crippen LogP contribution in [0.2, 0.25) is 0 Å². The summed E-state index contributed by atoms with van der Waals surface area (Å²) in [5.41, 5.74) is 0. The molecule has 0 heterocycles. The van der Waals surface area contributed by atoms with E-state index in [9.17, 15) is 8.42 Å². The zero-order chi connectivity index (χ0) is 15.5. The summed E-state index contributed by atoms with van der Waals surface area (Å²) in [7, 11) is -3.60. The molecule has 0 atom stereocenters. The van der Waals surface area contributed by atoms with Crippen molar-refractivity contribution in [2.45, 2.75) is 4.90 Å². The third kappa shape index (κ3) is 3.10. The molecule has 2 aromatic rings. The molecular formula is C16H16BrNO2S. The molecule has 0 aliphatic heterocycles. The fraction of sp³-hybridized carbons (Fsp3) is 0.125. The minimum Gasteiger partial charge on any atom is -0.207 e. The molecule has 0 N–H and O–H groups in total. The third-order valence-corrected chi connectivity index (χ3v) is 5.70. The van der Waals surface area contributed by atoms with Gasteiger partial charge >= 0.3 is 0 Å². The minimum atomic E-state index is -3.60. The predicted octanol–water partition coefficient (Wildman–Crippen LogP) is 3.97. The fourth-order valence-corrected chi connectivity index (χ4v) is 4.21. The highest BCUT2D eigenvalue weighted by atomic mass is 79.9. The van der Waals surface area contributed by atoms with E-state index >= 15 is 0 Å². The van der Waals surface area contributed by atoms with Crippen LogP contribution >= 0.6 is 15.9 Å². The van der Waals surface area contributed by atoms with Crippen molar-refractivity contribution >= 4 is 36.7 Å². The molecule has 0 radical (unpaired) electrons. The molecule has 0 saturated carbocycles. The van der Waals surface area contributed by atoms with Crippen molar-refractivity contribution in [2.75, 3.05) is 13.1 Å². The number of fused-ring (bicyclic) bond motifs is 1. The Kier molecular flexibility index (Phi) is 4.98. The van der Waals surface area contributed by atoms with Crippen LogP contribution in [0, 0.1) is 0 Å². The first kappa shape index (κ1) is 15.9. The van der Waals surface area contributed by atoms with Gasteiger partial charge in [0.05, 0.1) is 4.90 Å². The lowest BCUT2D eigenvalue weighted by Gasteiger charge is -2.20. The van der Waals surface area contributed by atoms with Gasteiger partial charge in [0.25, 0.3) is 0 Å². The Labute approximate surface area is 133 Å². The van der Waals surface area contributed by atoms with Crippen molar-refractivity contribution in [2.24, 2.45) is 0 Å². The first-order valence-electron chi connectivity index (χ1n) is 6.41. The molecule has 110 valence electrons. The van der Waals surface area contributed by atoms with Gasteiger partial charge in [-0.3, -0.25) is 0 Å². The average molecular weight is 366 g/mol. The quantitative estimate of drug-likeness (QED) is 0.726. The van der Waals surface area contributed by atoms with Gasteiger partial charge in [0, 0.05) is 22.9 Å². The Balaban J connectivity index is 2.67. The Morgan fingerprint density at radius 3 is 2.14 bits per heavy atom. The lowest BCUT2D eigenvalue weighted by atomic mass is 10.1. The van der Waals surface area contributed by atoms with E-state index < -0.39 is 10.0 Å². The Morgan fingerprint density at radius 2 is 1.57 bits per heavy atom. The third-order valence-electron chi connectivity index (χ3n) is 3.11. The number of hydrogen-bond donors (Lipinski definition) is 0. The molecule has 0 saturated heterocycles. The van der Waals surface area contributed by atoms with Crippen LogP contribution < -0.4 is 0 Å². The molecule has 0 spiro atoms. The Bertz CT molecular complexity index is 774. The van der Waals surface area contributed by atoms with Gasteiger partial charge in [-0.2, -0.15) is 4.31 Å². The van der Waals surface area contributed by atoms with Crippen molar-refractivity contribution in [1.29, 1.82) is 0 Å².